The Hall–Kier alpha value is -8.63. The molecule has 1 fully saturated rings. The monoisotopic (exact) mass is 1020 g/mol. The van der Waals surface area contributed by atoms with E-state index in [1.54, 1.807) is 0 Å². The van der Waals surface area contributed by atoms with E-state index in [-0.39, 0.29) is 25.7 Å². The van der Waals surface area contributed by atoms with Gasteiger partial charge in [0.05, 0.1) is 22.6 Å². The van der Waals surface area contributed by atoms with E-state index in [2.05, 4.69) is 233 Å². The number of hydrogen-bond acceptors (Lipinski definition) is 4. The lowest BCUT2D eigenvalue weighted by Crippen LogP contribution is -2.41. The fraction of sp³-hybridized carbons (Fsp3) is 0.0986. The zero-order valence-electron chi connectivity index (χ0n) is 42.9. The van der Waals surface area contributed by atoms with Crippen LogP contribution in [0.4, 0.5) is 0 Å². The van der Waals surface area contributed by atoms with Crippen molar-refractivity contribution in [3.05, 3.63) is 248 Å². The van der Waals surface area contributed by atoms with Gasteiger partial charge in [-0.05, 0) is 157 Å². The molecular formula is C71H58BClN2O2. The molecule has 6 heteroatoms. The molecule has 4 nitrogen and oxygen atoms in total. The predicted molar refractivity (Wildman–Crippen MR) is 328 cm³/mol. The Balaban J connectivity index is 0.000000171. The fourth-order valence-electron chi connectivity index (χ4n) is 10.6. The molecule has 1 aliphatic heterocycles. The average Bonchev–Trinajstić information content (AvgIpc) is 3.84. The van der Waals surface area contributed by atoms with Crippen molar-refractivity contribution in [1.29, 1.82) is 0 Å². The minimum absolute atomic E-state index is 0. The van der Waals surface area contributed by atoms with Crippen LogP contribution in [0.5, 0.6) is 0 Å². The van der Waals surface area contributed by atoms with Gasteiger partial charge in [-0.15, -0.1) is 12.8 Å². The molecule has 0 amide bonds. The molecule has 1 saturated heterocycles. The standard InChI is InChI=1S/C37H32BNO2.C31H20ClN.C2H2.CH4/c1-36(2)37(3,4)41-38(40-36)28-22-20-27(21-23-28)35-32-14-8-6-12-30(32)29-11-5-7-13-31(29)34(35)26-18-16-25(17-19-26)33-15-9-10-24-39-33;32-24-18-16-23(17-19-24)31-28-10-4-2-8-26(28)25-7-1-3-9-27(25)30(31)22-14-12-21(13-15-22)29-11-5-6-20-33-29;1-2;/h5-24H,1-4H3;1-20H;1-2H;1H4. The maximum Gasteiger partial charge on any atom is 0.494 e. The second kappa shape index (κ2) is 21.9. The summed E-state index contributed by atoms with van der Waals surface area (Å²) in [7, 11) is -0.388. The van der Waals surface area contributed by atoms with Gasteiger partial charge in [-0.2, -0.15) is 0 Å². The number of fused-ring (bicyclic) bond motifs is 6. The van der Waals surface area contributed by atoms with Crippen LogP contribution in [0.15, 0.2) is 243 Å². The second-order valence-electron chi connectivity index (χ2n) is 20.0. The zero-order chi connectivity index (χ0) is 52.4. The third kappa shape index (κ3) is 9.92. The van der Waals surface area contributed by atoms with Crippen molar-refractivity contribution >= 4 is 67.3 Å². The van der Waals surface area contributed by atoms with Gasteiger partial charge >= 0.3 is 7.12 Å². The summed E-state index contributed by atoms with van der Waals surface area (Å²) >= 11 is 6.24. The smallest absolute Gasteiger partial charge is 0.399 e. The van der Waals surface area contributed by atoms with E-state index in [4.69, 9.17) is 20.9 Å². The van der Waals surface area contributed by atoms with Gasteiger partial charge in [0.1, 0.15) is 0 Å². The van der Waals surface area contributed by atoms with Crippen LogP contribution in [0.2, 0.25) is 5.02 Å². The number of rotatable bonds is 7. The van der Waals surface area contributed by atoms with Crippen LogP contribution in [0, 0.1) is 12.8 Å². The molecular weight excluding hydrogens is 959 g/mol. The second-order valence-corrected chi connectivity index (χ2v) is 20.4. The summed E-state index contributed by atoms with van der Waals surface area (Å²) in [4.78, 5) is 9.05. The molecule has 1 aliphatic rings. The highest BCUT2D eigenvalue weighted by molar-refractivity contribution is 6.62. The molecule has 374 valence electrons. The van der Waals surface area contributed by atoms with Crippen molar-refractivity contribution in [2.24, 2.45) is 0 Å². The summed E-state index contributed by atoms with van der Waals surface area (Å²) in [6.07, 6.45) is 11.7. The van der Waals surface area contributed by atoms with Gasteiger partial charge in [0, 0.05) is 28.5 Å². The molecule has 0 spiro atoms. The van der Waals surface area contributed by atoms with Gasteiger partial charge in [0.2, 0.25) is 0 Å². The highest BCUT2D eigenvalue weighted by Crippen LogP contribution is 2.47. The summed E-state index contributed by atoms with van der Waals surface area (Å²) in [6.45, 7) is 8.37. The van der Waals surface area contributed by atoms with Crippen LogP contribution in [0.25, 0.3) is 110 Å². The number of terminal acetylenes is 1. The first-order valence-electron chi connectivity index (χ1n) is 25.6. The van der Waals surface area contributed by atoms with Crippen molar-refractivity contribution in [2.45, 2.75) is 46.3 Å². The summed E-state index contributed by atoms with van der Waals surface area (Å²) in [6, 6.07) is 81.2. The maximum absolute atomic E-state index is 6.34. The number of aromatic nitrogens is 2. The van der Waals surface area contributed by atoms with Gasteiger partial charge in [-0.1, -0.05) is 213 Å². The van der Waals surface area contributed by atoms with Gasteiger partial charge in [-0.3, -0.25) is 9.97 Å². The van der Waals surface area contributed by atoms with Gasteiger partial charge < -0.3 is 9.31 Å². The minimum Gasteiger partial charge on any atom is -0.399 e. The van der Waals surface area contributed by atoms with E-state index in [9.17, 15) is 0 Å². The molecule has 77 heavy (non-hydrogen) atoms. The van der Waals surface area contributed by atoms with Crippen LogP contribution in [0.3, 0.4) is 0 Å². The Labute approximate surface area is 458 Å². The van der Waals surface area contributed by atoms with E-state index >= 15 is 0 Å². The van der Waals surface area contributed by atoms with Crippen molar-refractivity contribution < 1.29 is 9.31 Å². The van der Waals surface area contributed by atoms with Gasteiger partial charge in [-0.25, -0.2) is 0 Å². The molecule has 0 atom stereocenters. The molecule has 0 unspecified atom stereocenters. The topological polar surface area (TPSA) is 44.2 Å². The summed E-state index contributed by atoms with van der Waals surface area (Å²) in [5.41, 5.74) is 14.0. The minimum atomic E-state index is -0.388. The fourth-order valence-corrected chi connectivity index (χ4v) is 10.7. The lowest BCUT2D eigenvalue weighted by Gasteiger charge is -2.32. The Morgan fingerprint density at radius 1 is 0.338 bits per heavy atom. The third-order valence-electron chi connectivity index (χ3n) is 15.0. The molecule has 12 aromatic rings. The molecule has 0 bridgehead atoms. The summed E-state index contributed by atoms with van der Waals surface area (Å²) in [5.74, 6) is 0. The van der Waals surface area contributed by atoms with Crippen molar-refractivity contribution in [1.82, 2.24) is 9.97 Å². The maximum atomic E-state index is 6.34. The molecule has 0 aliphatic carbocycles. The quantitative estimate of drug-likeness (QED) is 0.0906. The normalized spacial score (nSPS) is 13.3. The van der Waals surface area contributed by atoms with Crippen molar-refractivity contribution in [2.75, 3.05) is 0 Å². The predicted octanol–water partition coefficient (Wildman–Crippen LogP) is 18.6. The molecule has 0 N–H and O–H groups in total. The number of hydrogen-bond donors (Lipinski definition) is 0. The molecule has 10 aromatic carbocycles. The summed E-state index contributed by atoms with van der Waals surface area (Å²) in [5, 5.41) is 10.7. The SMILES string of the molecule is C.C#C.CC1(C)OB(c2ccc(-c3c(-c4ccc(-c5ccccn5)cc4)c4ccccc4c4ccccc34)cc2)OC1(C)C.Clc1ccc(-c2c(-c3ccc(-c4ccccn4)cc3)c3ccccc3c3ccccc23)cc1. The number of nitrogens with zero attached hydrogens (tertiary/aromatic N) is 2. The number of benzene rings is 10. The Bertz CT molecular complexity index is 4030. The van der Waals surface area contributed by atoms with E-state index in [1.165, 1.54) is 76.5 Å². The molecule has 13 rings (SSSR count). The highest BCUT2D eigenvalue weighted by atomic mass is 35.5. The van der Waals surface area contributed by atoms with E-state index < -0.39 is 0 Å². The van der Waals surface area contributed by atoms with Crippen molar-refractivity contribution in [3.63, 3.8) is 0 Å². The van der Waals surface area contributed by atoms with Crippen LogP contribution in [-0.4, -0.2) is 28.3 Å². The Kier molecular flexibility index (Phi) is 14.8. The largest absolute Gasteiger partial charge is 0.494 e. The van der Waals surface area contributed by atoms with E-state index in [0.717, 1.165) is 44.1 Å². The van der Waals surface area contributed by atoms with Gasteiger partial charge in [0.25, 0.3) is 0 Å². The molecule has 3 heterocycles. The lowest BCUT2D eigenvalue weighted by atomic mass is 9.77. The van der Waals surface area contributed by atoms with Crippen LogP contribution >= 0.6 is 11.6 Å². The first kappa shape index (κ1) is 51.8. The summed E-state index contributed by atoms with van der Waals surface area (Å²) < 4.78 is 12.7. The first-order valence-corrected chi connectivity index (χ1v) is 26.0. The lowest BCUT2D eigenvalue weighted by molar-refractivity contribution is 0.00578. The molecule has 0 radical (unpaired) electrons. The highest BCUT2D eigenvalue weighted by Gasteiger charge is 2.51. The molecule has 2 aromatic heterocycles. The van der Waals surface area contributed by atoms with Crippen LogP contribution in [0.1, 0.15) is 35.1 Å². The van der Waals surface area contributed by atoms with Crippen molar-refractivity contribution in [3.8, 4) is 79.9 Å². The van der Waals surface area contributed by atoms with Crippen LogP contribution < -0.4 is 5.46 Å². The number of pyridine rings is 2. The van der Waals surface area contributed by atoms with E-state index in [1.807, 2.05) is 60.9 Å². The first-order chi connectivity index (χ1) is 37.1. The Morgan fingerprint density at radius 2 is 0.597 bits per heavy atom. The number of halogens is 1. The van der Waals surface area contributed by atoms with Gasteiger partial charge in [0.15, 0.2) is 0 Å². The zero-order valence-corrected chi connectivity index (χ0v) is 43.7. The Morgan fingerprint density at radius 3 is 0.896 bits per heavy atom. The average molecular weight is 1020 g/mol. The molecule has 0 saturated carbocycles. The third-order valence-corrected chi connectivity index (χ3v) is 15.2. The van der Waals surface area contributed by atoms with E-state index in [0.29, 0.717) is 0 Å². The van der Waals surface area contributed by atoms with Crippen LogP contribution in [-0.2, 0) is 9.31 Å².